The zero-order chi connectivity index (χ0) is 14.8. The lowest BCUT2D eigenvalue weighted by atomic mass is 9.56. The summed E-state index contributed by atoms with van der Waals surface area (Å²) in [5.41, 5.74) is 3.60. The van der Waals surface area contributed by atoms with Crippen LogP contribution in [0.15, 0.2) is 18.2 Å². The molecule has 0 amide bonds. The van der Waals surface area contributed by atoms with Crippen molar-refractivity contribution in [2.24, 2.45) is 5.92 Å². The molecular formula is C19H26ClN. The number of fused-ring (bicyclic) bond motifs is 4. The Bertz CT molecular complexity index is 575. The summed E-state index contributed by atoms with van der Waals surface area (Å²) in [6.07, 6.45) is 5.47. The number of nitrogens with zero attached hydrogens (tertiary/aromatic N) is 1. The quantitative estimate of drug-likeness (QED) is 0.761. The van der Waals surface area contributed by atoms with E-state index in [1.807, 2.05) is 0 Å². The molecule has 0 N–H and O–H groups in total. The standard InChI is InChI=1S/C19H26ClN/c1-18(2)15-7-6-14(20)10-16(15)19(3)8-9-21(17(18)11-19)12-13-4-5-13/h6-7,10,13,17H,4-5,8-9,11-12H2,1-3H3. The van der Waals surface area contributed by atoms with Gasteiger partial charge >= 0.3 is 0 Å². The van der Waals surface area contributed by atoms with Gasteiger partial charge in [0.25, 0.3) is 0 Å². The van der Waals surface area contributed by atoms with Gasteiger partial charge in [0, 0.05) is 23.0 Å². The highest BCUT2D eigenvalue weighted by Gasteiger charge is 2.51. The summed E-state index contributed by atoms with van der Waals surface area (Å²) in [6.45, 7) is 9.92. The lowest BCUT2D eigenvalue weighted by Gasteiger charge is -2.57. The van der Waals surface area contributed by atoms with Crippen molar-refractivity contribution < 1.29 is 0 Å². The van der Waals surface area contributed by atoms with Crippen molar-refractivity contribution in [2.75, 3.05) is 13.1 Å². The molecule has 2 unspecified atom stereocenters. The highest BCUT2D eigenvalue weighted by Crippen LogP contribution is 2.53. The first-order valence-corrected chi connectivity index (χ1v) is 8.82. The third-order valence-corrected chi connectivity index (χ3v) is 6.62. The molecule has 0 spiro atoms. The van der Waals surface area contributed by atoms with Gasteiger partial charge in [0.1, 0.15) is 0 Å². The van der Waals surface area contributed by atoms with Crippen LogP contribution in [0.25, 0.3) is 0 Å². The molecule has 1 aromatic carbocycles. The van der Waals surface area contributed by atoms with E-state index in [1.165, 1.54) is 49.9 Å². The number of halogens is 1. The van der Waals surface area contributed by atoms with Gasteiger partial charge in [-0.15, -0.1) is 0 Å². The molecule has 4 rings (SSSR count). The summed E-state index contributed by atoms with van der Waals surface area (Å²) in [5.74, 6) is 0.983. The normalized spacial score (nSPS) is 34.6. The van der Waals surface area contributed by atoms with Gasteiger partial charge < -0.3 is 0 Å². The summed E-state index contributed by atoms with van der Waals surface area (Å²) >= 11 is 6.30. The molecule has 0 aromatic heterocycles. The molecule has 1 aromatic rings. The fourth-order valence-corrected chi connectivity index (χ4v) is 4.94. The smallest absolute Gasteiger partial charge is 0.0409 e. The number of benzene rings is 1. The fraction of sp³-hybridized carbons (Fsp3) is 0.684. The molecule has 2 heteroatoms. The Balaban J connectivity index is 1.78. The first-order valence-electron chi connectivity index (χ1n) is 8.45. The van der Waals surface area contributed by atoms with Crippen LogP contribution in [0.4, 0.5) is 0 Å². The van der Waals surface area contributed by atoms with Crippen LogP contribution >= 0.6 is 11.6 Å². The molecule has 1 saturated heterocycles. The Morgan fingerprint density at radius 2 is 1.95 bits per heavy atom. The summed E-state index contributed by atoms with van der Waals surface area (Å²) in [4.78, 5) is 2.80. The van der Waals surface area contributed by atoms with Crippen molar-refractivity contribution in [1.29, 1.82) is 0 Å². The van der Waals surface area contributed by atoms with Crippen molar-refractivity contribution in [3.05, 3.63) is 34.3 Å². The van der Waals surface area contributed by atoms with Crippen molar-refractivity contribution in [2.45, 2.75) is 63.3 Å². The minimum atomic E-state index is 0.231. The van der Waals surface area contributed by atoms with Gasteiger partial charge in [-0.3, -0.25) is 4.90 Å². The summed E-state index contributed by atoms with van der Waals surface area (Å²) in [5, 5.41) is 0.893. The topological polar surface area (TPSA) is 3.24 Å². The van der Waals surface area contributed by atoms with Crippen molar-refractivity contribution >= 4 is 11.6 Å². The molecule has 2 fully saturated rings. The van der Waals surface area contributed by atoms with Gasteiger partial charge in [-0.1, -0.05) is 38.4 Å². The van der Waals surface area contributed by atoms with E-state index in [0.717, 1.165) is 10.9 Å². The maximum absolute atomic E-state index is 6.30. The Kier molecular flexibility index (Phi) is 3.01. The number of piperidine rings is 1. The molecule has 0 radical (unpaired) electrons. The molecular weight excluding hydrogens is 278 g/mol. The van der Waals surface area contributed by atoms with Crippen molar-refractivity contribution in [1.82, 2.24) is 4.90 Å². The van der Waals surface area contributed by atoms with E-state index in [9.17, 15) is 0 Å². The van der Waals surface area contributed by atoms with Crippen LogP contribution in [0.5, 0.6) is 0 Å². The number of rotatable bonds is 2. The average molecular weight is 304 g/mol. The summed E-state index contributed by atoms with van der Waals surface area (Å²) in [7, 11) is 0. The zero-order valence-electron chi connectivity index (χ0n) is 13.5. The number of likely N-dealkylation sites (tertiary alicyclic amines) is 1. The second kappa shape index (κ2) is 4.49. The highest BCUT2D eigenvalue weighted by molar-refractivity contribution is 6.30. The maximum Gasteiger partial charge on any atom is 0.0409 e. The molecule has 2 atom stereocenters. The van der Waals surface area contributed by atoms with Crippen LogP contribution < -0.4 is 0 Å². The predicted molar refractivity (Wildman–Crippen MR) is 89.1 cm³/mol. The first kappa shape index (κ1) is 14.1. The Morgan fingerprint density at radius 1 is 1.19 bits per heavy atom. The van der Waals surface area contributed by atoms with Gasteiger partial charge in [-0.25, -0.2) is 0 Å². The largest absolute Gasteiger partial charge is 0.299 e. The Morgan fingerprint density at radius 3 is 2.67 bits per heavy atom. The van der Waals surface area contributed by atoms with Crippen LogP contribution in [-0.4, -0.2) is 24.0 Å². The van der Waals surface area contributed by atoms with E-state index < -0.39 is 0 Å². The Labute approximate surface area is 133 Å². The van der Waals surface area contributed by atoms with Crippen LogP contribution in [0, 0.1) is 5.92 Å². The molecule has 21 heavy (non-hydrogen) atoms. The van der Waals surface area contributed by atoms with Crippen LogP contribution in [-0.2, 0) is 10.8 Å². The third-order valence-electron chi connectivity index (χ3n) is 6.38. The van der Waals surface area contributed by atoms with Crippen LogP contribution in [0.1, 0.15) is 57.6 Å². The van der Waals surface area contributed by atoms with E-state index >= 15 is 0 Å². The molecule has 114 valence electrons. The van der Waals surface area contributed by atoms with Gasteiger partial charge in [-0.05, 0) is 66.8 Å². The second-order valence-corrected chi connectivity index (χ2v) is 8.82. The summed E-state index contributed by atoms with van der Waals surface area (Å²) in [6, 6.07) is 7.30. The molecule has 1 nitrogen and oxygen atoms in total. The van der Waals surface area contributed by atoms with Crippen LogP contribution in [0.2, 0.25) is 5.02 Å². The molecule has 3 aliphatic rings. The average Bonchev–Trinajstić information content (AvgIpc) is 3.23. The number of hydrogen-bond donors (Lipinski definition) is 0. The maximum atomic E-state index is 6.30. The van der Waals surface area contributed by atoms with Gasteiger partial charge in [-0.2, -0.15) is 0 Å². The SMILES string of the molecule is CC12CCN(CC3CC3)C(C1)C(C)(C)c1ccc(Cl)cc12. The van der Waals surface area contributed by atoms with Crippen molar-refractivity contribution in [3.63, 3.8) is 0 Å². The molecule has 2 aliphatic carbocycles. The zero-order valence-corrected chi connectivity index (χ0v) is 14.2. The Hall–Kier alpha value is -0.530. The van der Waals surface area contributed by atoms with E-state index in [4.69, 9.17) is 11.6 Å². The molecule has 1 aliphatic heterocycles. The van der Waals surface area contributed by atoms with Gasteiger partial charge in [0.05, 0.1) is 0 Å². The van der Waals surface area contributed by atoms with Gasteiger partial charge in [0.2, 0.25) is 0 Å². The first-order chi connectivity index (χ1) is 9.90. The summed E-state index contributed by atoms with van der Waals surface area (Å²) < 4.78 is 0. The predicted octanol–water partition coefficient (Wildman–Crippen LogP) is 4.76. The number of hydrogen-bond acceptors (Lipinski definition) is 1. The minimum Gasteiger partial charge on any atom is -0.299 e. The lowest BCUT2D eigenvalue weighted by molar-refractivity contribution is 0.0356. The van der Waals surface area contributed by atoms with E-state index in [0.29, 0.717) is 11.5 Å². The van der Waals surface area contributed by atoms with Crippen molar-refractivity contribution in [3.8, 4) is 0 Å². The minimum absolute atomic E-state index is 0.231. The second-order valence-electron chi connectivity index (χ2n) is 8.38. The van der Waals surface area contributed by atoms with Crippen LogP contribution in [0.3, 0.4) is 0 Å². The van der Waals surface area contributed by atoms with Gasteiger partial charge in [0.15, 0.2) is 0 Å². The molecule has 2 bridgehead atoms. The third kappa shape index (κ3) is 2.16. The van der Waals surface area contributed by atoms with E-state index in [-0.39, 0.29) is 5.41 Å². The molecule has 1 heterocycles. The van der Waals surface area contributed by atoms with E-state index in [1.54, 1.807) is 0 Å². The van der Waals surface area contributed by atoms with E-state index in [2.05, 4.69) is 43.9 Å². The fourth-order valence-electron chi connectivity index (χ4n) is 4.77. The monoisotopic (exact) mass is 303 g/mol. The highest BCUT2D eigenvalue weighted by atomic mass is 35.5. The molecule has 1 saturated carbocycles. The lowest BCUT2D eigenvalue weighted by Crippen LogP contribution is -2.59.